The van der Waals surface area contributed by atoms with E-state index in [1.54, 1.807) is 0 Å². The first-order chi connectivity index (χ1) is 27.1. The van der Waals surface area contributed by atoms with Crippen LogP contribution in [0.4, 0.5) is 0 Å². The number of ether oxygens (including phenoxy) is 2. The monoisotopic (exact) mass is 867 g/mol. The Morgan fingerprint density at radius 2 is 0.508 bits per heavy atom. The van der Waals surface area contributed by atoms with Crippen LogP contribution in [0.3, 0.4) is 0 Å². The number of carbonyl (C=O) groups excluding carboxylic acids is 2. The standard InChI is InChI=1S/C16H32O2.C16H32O.C13H28O.C12H26/c1-15(2,3)10-8-12-18-11-7-9-14(17)13-16(4,5)6;1-15(2,3)12-10-8-7-9-11-14(17)13-16(4,5)6;1-12(2,3)8-7-10-14-11-9-13(4,5)6;1-11(2,3)9-7-8-10-12(4,5)6/h7-13H2,1-6H3;7-13H2,1-6H3;7-11H2,1-6H3;7-10H2,1-6H3. The maximum atomic E-state index is 11.7. The zero-order chi connectivity index (χ0) is 48.8. The van der Waals surface area contributed by atoms with Gasteiger partial charge in [0.05, 0.1) is 0 Å². The van der Waals surface area contributed by atoms with Crippen molar-refractivity contribution in [3.8, 4) is 0 Å². The second kappa shape index (κ2) is 32.8. The highest BCUT2D eigenvalue weighted by Crippen LogP contribution is 2.28. The molecule has 0 saturated carbocycles. The summed E-state index contributed by atoms with van der Waals surface area (Å²) in [5, 5.41) is 0. The van der Waals surface area contributed by atoms with Crippen molar-refractivity contribution in [2.24, 2.45) is 43.3 Å². The third-order valence-corrected chi connectivity index (χ3v) is 9.86. The molecule has 0 unspecified atom stereocenters. The molecular weight excluding hydrogens is 749 g/mol. The fourth-order valence-electron chi connectivity index (χ4n) is 6.36. The number of Topliss-reactive ketones (excluding diaryl/α,β-unsaturated/α-hetero) is 2. The van der Waals surface area contributed by atoms with Gasteiger partial charge in [0.2, 0.25) is 0 Å². The summed E-state index contributed by atoms with van der Waals surface area (Å²) in [5.41, 5.74) is 3.04. The summed E-state index contributed by atoms with van der Waals surface area (Å²) >= 11 is 0. The topological polar surface area (TPSA) is 52.6 Å². The van der Waals surface area contributed by atoms with Crippen LogP contribution in [0.2, 0.25) is 0 Å². The Kier molecular flexibility index (Phi) is 36.0. The highest BCUT2D eigenvalue weighted by atomic mass is 16.5. The summed E-state index contributed by atoms with van der Waals surface area (Å²) in [6.07, 6.45) is 21.3. The number of unbranched alkanes of at least 4 members (excludes halogenated alkanes) is 4. The van der Waals surface area contributed by atoms with Gasteiger partial charge in [-0.2, -0.15) is 0 Å². The molecule has 0 heterocycles. The summed E-state index contributed by atoms with van der Waals surface area (Å²) in [6, 6.07) is 0. The van der Waals surface area contributed by atoms with Gasteiger partial charge >= 0.3 is 0 Å². The van der Waals surface area contributed by atoms with Gasteiger partial charge in [-0.05, 0) is 108 Å². The van der Waals surface area contributed by atoms with E-state index in [4.69, 9.17) is 9.47 Å². The van der Waals surface area contributed by atoms with Crippen molar-refractivity contribution in [3.05, 3.63) is 0 Å². The van der Waals surface area contributed by atoms with E-state index < -0.39 is 0 Å². The van der Waals surface area contributed by atoms with Gasteiger partial charge in [0.1, 0.15) is 11.6 Å². The predicted octanol–water partition coefficient (Wildman–Crippen LogP) is 18.9. The van der Waals surface area contributed by atoms with E-state index in [9.17, 15) is 9.59 Å². The van der Waals surface area contributed by atoms with Crippen LogP contribution in [0.25, 0.3) is 0 Å². The second-order valence-electron chi connectivity index (χ2n) is 28.3. The number of hydrogen-bond acceptors (Lipinski definition) is 4. The zero-order valence-electron chi connectivity index (χ0n) is 46.9. The minimum atomic E-state index is 0.116. The largest absolute Gasteiger partial charge is 0.381 e. The summed E-state index contributed by atoms with van der Waals surface area (Å²) in [4.78, 5) is 23.3. The van der Waals surface area contributed by atoms with E-state index in [0.29, 0.717) is 56.9 Å². The van der Waals surface area contributed by atoms with Gasteiger partial charge in [0.25, 0.3) is 0 Å². The molecule has 0 amide bonds. The first-order valence-electron chi connectivity index (χ1n) is 25.3. The van der Waals surface area contributed by atoms with Crippen LogP contribution >= 0.6 is 0 Å². The van der Waals surface area contributed by atoms with Crippen molar-refractivity contribution in [2.75, 3.05) is 26.4 Å². The van der Waals surface area contributed by atoms with E-state index >= 15 is 0 Å². The Morgan fingerprint density at radius 3 is 0.820 bits per heavy atom. The molecule has 0 spiro atoms. The Bertz CT molecular complexity index is 993. The Labute approximate surface area is 387 Å². The maximum Gasteiger partial charge on any atom is 0.133 e. The van der Waals surface area contributed by atoms with E-state index in [-0.39, 0.29) is 10.8 Å². The van der Waals surface area contributed by atoms with Gasteiger partial charge < -0.3 is 9.47 Å². The van der Waals surface area contributed by atoms with E-state index in [1.165, 1.54) is 70.6 Å². The number of ketones is 2. The molecule has 370 valence electrons. The van der Waals surface area contributed by atoms with E-state index in [1.807, 2.05) is 0 Å². The van der Waals surface area contributed by atoms with Crippen LogP contribution < -0.4 is 0 Å². The molecule has 0 atom stereocenters. The lowest BCUT2D eigenvalue weighted by atomic mass is 9.85. The Morgan fingerprint density at radius 1 is 0.262 bits per heavy atom. The van der Waals surface area contributed by atoms with Gasteiger partial charge in [0, 0.05) is 52.1 Å². The summed E-state index contributed by atoms with van der Waals surface area (Å²) < 4.78 is 11.2. The first-order valence-corrected chi connectivity index (χ1v) is 25.3. The molecule has 0 aromatic carbocycles. The smallest absolute Gasteiger partial charge is 0.133 e. The minimum Gasteiger partial charge on any atom is -0.381 e. The van der Waals surface area contributed by atoms with Gasteiger partial charge in [0.15, 0.2) is 0 Å². The van der Waals surface area contributed by atoms with Gasteiger partial charge in [-0.15, -0.1) is 0 Å². The van der Waals surface area contributed by atoms with Crippen LogP contribution in [-0.2, 0) is 19.1 Å². The Balaban J connectivity index is -0.000000359. The molecule has 0 aliphatic heterocycles. The Hall–Kier alpha value is -0.740. The minimum absolute atomic E-state index is 0.116. The summed E-state index contributed by atoms with van der Waals surface area (Å²) in [7, 11) is 0. The van der Waals surface area contributed by atoms with Gasteiger partial charge in [-0.3, -0.25) is 9.59 Å². The van der Waals surface area contributed by atoms with Crippen molar-refractivity contribution in [1.29, 1.82) is 0 Å². The quantitative estimate of drug-likeness (QED) is 0.0960. The molecule has 4 heteroatoms. The molecule has 0 aliphatic rings. The zero-order valence-corrected chi connectivity index (χ0v) is 46.9. The highest BCUT2D eigenvalue weighted by Gasteiger charge is 2.17. The summed E-state index contributed by atoms with van der Waals surface area (Å²) in [5.74, 6) is 0.800. The molecule has 0 aromatic heterocycles. The normalized spacial score (nSPS) is 13.0. The SMILES string of the molecule is CC(C)(C)CCCCC(C)(C)C.CC(C)(C)CCCCCCC(=O)CC(C)(C)C.CC(C)(C)CCCOCCC(C)(C)C.CC(C)(C)CCCOCCCC(=O)CC(C)(C)C. The highest BCUT2D eigenvalue weighted by molar-refractivity contribution is 5.79. The van der Waals surface area contributed by atoms with Gasteiger partial charge in [-0.1, -0.05) is 198 Å². The molecule has 0 saturated heterocycles. The maximum absolute atomic E-state index is 11.7. The average Bonchev–Trinajstić information content (AvgIpc) is 2.98. The molecule has 0 radical (unpaired) electrons. The molecule has 0 aromatic rings. The van der Waals surface area contributed by atoms with Crippen molar-refractivity contribution < 1.29 is 19.1 Å². The van der Waals surface area contributed by atoms with Crippen molar-refractivity contribution in [1.82, 2.24) is 0 Å². The fraction of sp³-hybridized carbons (Fsp3) is 0.965. The number of rotatable bonds is 23. The lowest BCUT2D eigenvalue weighted by Crippen LogP contribution is -2.13. The number of hydrogen-bond donors (Lipinski definition) is 0. The molecular formula is C57H118O4. The van der Waals surface area contributed by atoms with Crippen LogP contribution in [0.1, 0.15) is 288 Å². The van der Waals surface area contributed by atoms with E-state index in [0.717, 1.165) is 65.0 Å². The van der Waals surface area contributed by atoms with Crippen LogP contribution in [0.15, 0.2) is 0 Å². The molecule has 0 N–H and O–H groups in total. The first kappa shape index (κ1) is 66.9. The van der Waals surface area contributed by atoms with Crippen LogP contribution in [-0.4, -0.2) is 38.0 Å². The third-order valence-electron chi connectivity index (χ3n) is 9.86. The van der Waals surface area contributed by atoms with Crippen molar-refractivity contribution in [2.45, 2.75) is 288 Å². The molecule has 4 nitrogen and oxygen atoms in total. The number of carbonyl (C=O) groups is 2. The molecule has 0 rings (SSSR count). The van der Waals surface area contributed by atoms with E-state index in [2.05, 4.69) is 166 Å². The van der Waals surface area contributed by atoms with Crippen molar-refractivity contribution in [3.63, 3.8) is 0 Å². The third kappa shape index (κ3) is 76.9. The van der Waals surface area contributed by atoms with Crippen molar-refractivity contribution >= 4 is 11.6 Å². The molecule has 0 aliphatic carbocycles. The summed E-state index contributed by atoms with van der Waals surface area (Å²) in [6.45, 7) is 57.3. The average molecular weight is 868 g/mol. The lowest BCUT2D eigenvalue weighted by molar-refractivity contribution is -0.121. The fourth-order valence-corrected chi connectivity index (χ4v) is 6.36. The van der Waals surface area contributed by atoms with Crippen LogP contribution in [0, 0.1) is 43.3 Å². The molecule has 0 bridgehead atoms. The van der Waals surface area contributed by atoms with Crippen LogP contribution in [0.5, 0.6) is 0 Å². The second-order valence-corrected chi connectivity index (χ2v) is 28.3. The van der Waals surface area contributed by atoms with Gasteiger partial charge in [-0.25, -0.2) is 0 Å². The molecule has 61 heavy (non-hydrogen) atoms. The molecule has 0 fully saturated rings. The lowest BCUT2D eigenvalue weighted by Gasteiger charge is -2.21. The predicted molar refractivity (Wildman–Crippen MR) is 275 cm³/mol.